The first-order chi connectivity index (χ1) is 13.0. The highest BCUT2D eigenvalue weighted by molar-refractivity contribution is 6.34. The highest BCUT2D eigenvalue weighted by Gasteiger charge is 2.18. The fourth-order valence-corrected chi connectivity index (χ4v) is 3.71. The molecule has 0 radical (unpaired) electrons. The number of nitrogens with one attached hydrogen (secondary N) is 1. The predicted octanol–water partition coefficient (Wildman–Crippen LogP) is 4.40. The van der Waals surface area contributed by atoms with E-state index in [0.717, 1.165) is 38.4 Å². The summed E-state index contributed by atoms with van der Waals surface area (Å²) in [5.74, 6) is 0.281. The average Bonchev–Trinajstić information content (AvgIpc) is 2.68. The summed E-state index contributed by atoms with van der Waals surface area (Å²) in [6, 6.07) is 10.5. The van der Waals surface area contributed by atoms with E-state index in [2.05, 4.69) is 22.0 Å². The van der Waals surface area contributed by atoms with Crippen LogP contribution in [0.15, 0.2) is 36.4 Å². The van der Waals surface area contributed by atoms with Gasteiger partial charge in [0.2, 0.25) is 0 Å². The Kier molecular flexibility index (Phi) is 6.47. The van der Waals surface area contributed by atoms with Gasteiger partial charge < -0.3 is 19.9 Å². The number of rotatable bonds is 5. The van der Waals surface area contributed by atoms with Crippen LogP contribution < -0.4 is 15.0 Å². The molecule has 0 unspecified atom stereocenters. The van der Waals surface area contributed by atoms with Crippen LogP contribution >= 0.6 is 23.2 Å². The van der Waals surface area contributed by atoms with Gasteiger partial charge in [0.1, 0.15) is 5.75 Å². The number of piperazine rings is 1. The van der Waals surface area contributed by atoms with Crippen LogP contribution in [0.25, 0.3) is 0 Å². The Bertz CT molecular complexity index is 821. The second kappa shape index (κ2) is 8.83. The van der Waals surface area contributed by atoms with Crippen molar-refractivity contribution in [1.82, 2.24) is 4.90 Å². The van der Waals surface area contributed by atoms with Crippen molar-refractivity contribution in [2.24, 2.45) is 0 Å². The van der Waals surface area contributed by atoms with Crippen LogP contribution in [0.5, 0.6) is 5.75 Å². The molecule has 1 aliphatic heterocycles. The van der Waals surface area contributed by atoms with E-state index in [0.29, 0.717) is 27.0 Å². The number of benzene rings is 2. The van der Waals surface area contributed by atoms with E-state index in [9.17, 15) is 4.79 Å². The Morgan fingerprint density at radius 1 is 1.07 bits per heavy atom. The van der Waals surface area contributed by atoms with Crippen LogP contribution in [0.3, 0.4) is 0 Å². The number of hydrogen-bond donors (Lipinski definition) is 1. The van der Waals surface area contributed by atoms with Crippen molar-refractivity contribution in [3.8, 4) is 5.75 Å². The smallest absolute Gasteiger partial charge is 0.255 e. The van der Waals surface area contributed by atoms with E-state index in [4.69, 9.17) is 27.9 Å². The first-order valence-corrected chi connectivity index (χ1v) is 9.69. The molecule has 1 heterocycles. The number of carbonyl (C=O) groups excluding carboxylic acids is 1. The van der Waals surface area contributed by atoms with Crippen LogP contribution in [0.4, 0.5) is 11.4 Å². The van der Waals surface area contributed by atoms with Crippen LogP contribution in [0.2, 0.25) is 10.0 Å². The van der Waals surface area contributed by atoms with Crippen molar-refractivity contribution in [3.05, 3.63) is 52.0 Å². The van der Waals surface area contributed by atoms with Crippen LogP contribution in [0, 0.1) is 0 Å². The molecule has 144 valence electrons. The van der Waals surface area contributed by atoms with Gasteiger partial charge in [0.15, 0.2) is 0 Å². The maximum atomic E-state index is 12.5. The summed E-state index contributed by atoms with van der Waals surface area (Å²) in [7, 11) is 1.53. The maximum Gasteiger partial charge on any atom is 0.255 e. The summed E-state index contributed by atoms with van der Waals surface area (Å²) in [6.45, 7) is 7.21. The Balaban J connectivity index is 1.68. The Morgan fingerprint density at radius 3 is 2.41 bits per heavy atom. The predicted molar refractivity (Wildman–Crippen MR) is 112 cm³/mol. The standard InChI is InChI=1S/C20H23Cl2N3O2/c1-3-24-8-10-25(11-9-24)18-6-5-15(13-16(18)21)23-20(26)14-4-7-19(27-2)17(22)12-14/h4-7,12-13H,3,8-11H2,1-2H3,(H,23,26). The van der Waals surface area contributed by atoms with E-state index < -0.39 is 0 Å². The van der Waals surface area contributed by atoms with E-state index in [1.54, 1.807) is 24.3 Å². The molecule has 1 aliphatic rings. The highest BCUT2D eigenvalue weighted by atomic mass is 35.5. The van der Waals surface area contributed by atoms with Gasteiger partial charge in [-0.1, -0.05) is 30.1 Å². The van der Waals surface area contributed by atoms with Gasteiger partial charge >= 0.3 is 0 Å². The van der Waals surface area contributed by atoms with Gasteiger partial charge in [0.25, 0.3) is 5.91 Å². The Hall–Kier alpha value is -1.95. The fourth-order valence-electron chi connectivity index (χ4n) is 3.16. The minimum Gasteiger partial charge on any atom is -0.495 e. The minimum atomic E-state index is -0.250. The molecular weight excluding hydrogens is 385 g/mol. The summed E-state index contributed by atoms with van der Waals surface area (Å²) in [5, 5.41) is 3.88. The quantitative estimate of drug-likeness (QED) is 0.797. The normalized spacial score (nSPS) is 14.9. The van der Waals surface area contributed by atoms with Gasteiger partial charge in [0, 0.05) is 37.4 Å². The van der Waals surface area contributed by atoms with Gasteiger partial charge in [-0.05, 0) is 42.9 Å². The summed E-state index contributed by atoms with van der Waals surface area (Å²) >= 11 is 12.6. The third kappa shape index (κ3) is 4.67. The summed E-state index contributed by atoms with van der Waals surface area (Å²) in [4.78, 5) is 17.2. The van der Waals surface area contributed by atoms with Crippen molar-refractivity contribution in [2.45, 2.75) is 6.92 Å². The van der Waals surface area contributed by atoms with E-state index in [1.165, 1.54) is 7.11 Å². The molecule has 1 amide bonds. The van der Waals surface area contributed by atoms with Gasteiger partial charge in [-0.15, -0.1) is 0 Å². The molecule has 2 aromatic rings. The molecule has 0 bridgehead atoms. The lowest BCUT2D eigenvalue weighted by atomic mass is 10.2. The second-order valence-electron chi connectivity index (χ2n) is 6.39. The number of anilines is 2. The lowest BCUT2D eigenvalue weighted by Crippen LogP contribution is -2.46. The van der Waals surface area contributed by atoms with Gasteiger partial charge in [-0.2, -0.15) is 0 Å². The van der Waals surface area contributed by atoms with Crippen molar-refractivity contribution in [1.29, 1.82) is 0 Å². The Morgan fingerprint density at radius 2 is 1.81 bits per heavy atom. The first-order valence-electron chi connectivity index (χ1n) is 8.93. The number of likely N-dealkylation sites (N-methyl/N-ethyl adjacent to an activating group) is 1. The van der Waals surface area contributed by atoms with Gasteiger partial charge in [-0.3, -0.25) is 4.79 Å². The summed E-state index contributed by atoms with van der Waals surface area (Å²) in [5.41, 5.74) is 2.10. The third-order valence-corrected chi connectivity index (χ3v) is 5.38. The Labute approximate surface area is 169 Å². The van der Waals surface area contributed by atoms with Crippen molar-refractivity contribution in [3.63, 3.8) is 0 Å². The largest absolute Gasteiger partial charge is 0.495 e. The third-order valence-electron chi connectivity index (χ3n) is 4.78. The molecule has 0 saturated carbocycles. The molecule has 1 saturated heterocycles. The molecular formula is C20H23Cl2N3O2. The van der Waals surface area contributed by atoms with Crippen molar-refractivity contribution in [2.75, 3.05) is 50.1 Å². The molecule has 0 aromatic heterocycles. The van der Waals surface area contributed by atoms with Gasteiger partial charge in [-0.25, -0.2) is 0 Å². The van der Waals surface area contributed by atoms with E-state index in [-0.39, 0.29) is 5.91 Å². The lowest BCUT2D eigenvalue weighted by Gasteiger charge is -2.36. The molecule has 0 atom stereocenters. The average molecular weight is 408 g/mol. The molecule has 7 heteroatoms. The number of methoxy groups -OCH3 is 1. The SMILES string of the molecule is CCN1CCN(c2ccc(NC(=O)c3ccc(OC)c(Cl)c3)cc2Cl)CC1. The molecule has 0 aliphatic carbocycles. The molecule has 1 fully saturated rings. The molecule has 3 rings (SSSR count). The zero-order valence-corrected chi connectivity index (χ0v) is 17.0. The first kappa shape index (κ1) is 19.8. The second-order valence-corrected chi connectivity index (χ2v) is 7.21. The molecule has 5 nitrogen and oxygen atoms in total. The zero-order valence-electron chi connectivity index (χ0n) is 15.5. The monoisotopic (exact) mass is 407 g/mol. The van der Waals surface area contributed by atoms with Crippen molar-refractivity contribution >= 4 is 40.5 Å². The number of halogens is 2. The highest BCUT2D eigenvalue weighted by Crippen LogP contribution is 2.30. The maximum absolute atomic E-state index is 12.5. The number of amides is 1. The van der Waals surface area contributed by atoms with Crippen LogP contribution in [-0.2, 0) is 0 Å². The van der Waals surface area contributed by atoms with Gasteiger partial charge in [0.05, 0.1) is 22.8 Å². The number of carbonyl (C=O) groups is 1. The molecule has 0 spiro atoms. The lowest BCUT2D eigenvalue weighted by molar-refractivity contribution is 0.102. The molecule has 1 N–H and O–H groups in total. The van der Waals surface area contributed by atoms with Crippen LogP contribution in [0.1, 0.15) is 17.3 Å². The number of ether oxygens (including phenoxy) is 1. The van der Waals surface area contributed by atoms with E-state index in [1.807, 2.05) is 12.1 Å². The van der Waals surface area contributed by atoms with Crippen molar-refractivity contribution < 1.29 is 9.53 Å². The van der Waals surface area contributed by atoms with Crippen LogP contribution in [-0.4, -0.2) is 50.6 Å². The molecule has 27 heavy (non-hydrogen) atoms. The zero-order chi connectivity index (χ0) is 19.4. The summed E-state index contributed by atoms with van der Waals surface area (Å²) in [6.07, 6.45) is 0. The topological polar surface area (TPSA) is 44.8 Å². The molecule has 2 aromatic carbocycles. The van der Waals surface area contributed by atoms with E-state index >= 15 is 0 Å². The fraction of sp³-hybridized carbons (Fsp3) is 0.350. The minimum absolute atomic E-state index is 0.250. The number of hydrogen-bond acceptors (Lipinski definition) is 4. The number of nitrogens with zero attached hydrogens (tertiary/aromatic N) is 2. The summed E-state index contributed by atoms with van der Waals surface area (Å²) < 4.78 is 5.11.